The molecule has 0 saturated carbocycles. The van der Waals surface area contributed by atoms with Crippen LogP contribution in [0, 0.1) is 0 Å². The van der Waals surface area contributed by atoms with Crippen LogP contribution < -0.4 is 5.73 Å². The first-order valence-electron chi connectivity index (χ1n) is 7.52. The zero-order valence-corrected chi connectivity index (χ0v) is 12.6. The van der Waals surface area contributed by atoms with Gasteiger partial charge in [-0.25, -0.2) is 0 Å². The highest BCUT2D eigenvalue weighted by molar-refractivity contribution is 6.09. The second-order valence-electron chi connectivity index (χ2n) is 5.37. The molecule has 0 radical (unpaired) electrons. The van der Waals surface area contributed by atoms with Crippen LogP contribution in [0.5, 0.6) is 0 Å². The maximum Gasteiger partial charge on any atom is 0.323 e. The minimum absolute atomic E-state index is 0.347. The minimum Gasteiger partial charge on any atom is -0.465 e. The minimum atomic E-state index is -0.635. The van der Waals surface area contributed by atoms with Crippen LogP contribution in [-0.4, -0.2) is 18.6 Å². The van der Waals surface area contributed by atoms with Gasteiger partial charge in [0.1, 0.15) is 6.04 Å². The molecule has 1 atom stereocenters. The van der Waals surface area contributed by atoms with Gasteiger partial charge in [0.25, 0.3) is 0 Å². The van der Waals surface area contributed by atoms with Gasteiger partial charge in [-0.1, -0.05) is 54.6 Å². The Balaban J connectivity index is 2.09. The molecule has 0 aliphatic rings. The van der Waals surface area contributed by atoms with Crippen LogP contribution in [-0.2, 0) is 16.0 Å². The summed E-state index contributed by atoms with van der Waals surface area (Å²) in [4.78, 5) is 11.8. The molecule has 0 saturated heterocycles. The largest absolute Gasteiger partial charge is 0.465 e. The second-order valence-corrected chi connectivity index (χ2v) is 5.37. The Morgan fingerprint density at radius 2 is 1.68 bits per heavy atom. The molecular weight excluding hydrogens is 274 g/mol. The molecule has 0 spiro atoms. The van der Waals surface area contributed by atoms with Crippen molar-refractivity contribution in [1.82, 2.24) is 0 Å². The molecule has 3 heteroatoms. The van der Waals surface area contributed by atoms with E-state index in [9.17, 15) is 4.79 Å². The van der Waals surface area contributed by atoms with Gasteiger partial charge >= 0.3 is 5.97 Å². The first-order valence-corrected chi connectivity index (χ1v) is 7.52. The van der Waals surface area contributed by atoms with Crippen LogP contribution >= 0.6 is 0 Å². The zero-order valence-electron chi connectivity index (χ0n) is 12.6. The quantitative estimate of drug-likeness (QED) is 0.592. The van der Waals surface area contributed by atoms with Crippen LogP contribution in [0.25, 0.3) is 21.5 Å². The molecule has 112 valence electrons. The molecule has 0 aromatic heterocycles. The first kappa shape index (κ1) is 14.5. The van der Waals surface area contributed by atoms with Gasteiger partial charge < -0.3 is 10.5 Å². The maximum absolute atomic E-state index is 11.8. The highest BCUT2D eigenvalue weighted by Crippen LogP contribution is 2.29. The summed E-state index contributed by atoms with van der Waals surface area (Å²) < 4.78 is 5.01. The lowest BCUT2D eigenvalue weighted by molar-refractivity contribution is -0.144. The number of esters is 1. The average molecular weight is 293 g/mol. The number of rotatable bonds is 4. The summed E-state index contributed by atoms with van der Waals surface area (Å²) >= 11 is 0. The van der Waals surface area contributed by atoms with E-state index >= 15 is 0 Å². The van der Waals surface area contributed by atoms with E-state index in [-0.39, 0.29) is 5.97 Å². The van der Waals surface area contributed by atoms with Crippen LogP contribution in [0.1, 0.15) is 12.5 Å². The molecule has 2 N–H and O–H groups in total. The summed E-state index contributed by atoms with van der Waals surface area (Å²) in [6, 6.07) is 18.0. The van der Waals surface area contributed by atoms with E-state index < -0.39 is 6.04 Å². The topological polar surface area (TPSA) is 52.3 Å². The van der Waals surface area contributed by atoms with E-state index in [1.165, 1.54) is 10.8 Å². The van der Waals surface area contributed by atoms with Gasteiger partial charge in [-0.2, -0.15) is 0 Å². The summed E-state index contributed by atoms with van der Waals surface area (Å²) in [5.74, 6) is -0.347. The lowest BCUT2D eigenvalue weighted by Gasteiger charge is -2.14. The Labute approximate surface area is 129 Å². The molecule has 0 heterocycles. The number of carbonyl (C=O) groups is 1. The van der Waals surface area contributed by atoms with Crippen molar-refractivity contribution in [3.63, 3.8) is 0 Å². The molecule has 0 amide bonds. The van der Waals surface area contributed by atoms with E-state index in [4.69, 9.17) is 10.5 Å². The maximum atomic E-state index is 11.8. The summed E-state index contributed by atoms with van der Waals surface area (Å²) in [5, 5.41) is 4.70. The fourth-order valence-corrected chi connectivity index (χ4v) is 2.87. The third-order valence-corrected chi connectivity index (χ3v) is 3.88. The lowest BCUT2D eigenvalue weighted by Crippen LogP contribution is -2.34. The molecule has 22 heavy (non-hydrogen) atoms. The fourth-order valence-electron chi connectivity index (χ4n) is 2.87. The Bertz CT molecular complexity index is 826. The van der Waals surface area contributed by atoms with Crippen molar-refractivity contribution >= 4 is 27.5 Å². The van der Waals surface area contributed by atoms with Gasteiger partial charge in [0.05, 0.1) is 6.61 Å². The first-order chi connectivity index (χ1) is 10.7. The fraction of sp³-hybridized carbons (Fsp3) is 0.211. The van der Waals surface area contributed by atoms with E-state index in [2.05, 4.69) is 30.3 Å². The summed E-state index contributed by atoms with van der Waals surface area (Å²) in [5.41, 5.74) is 7.07. The molecule has 0 aliphatic heterocycles. The third kappa shape index (κ3) is 2.68. The number of fused-ring (bicyclic) bond motifs is 3. The van der Waals surface area contributed by atoms with E-state index in [0.29, 0.717) is 13.0 Å². The van der Waals surface area contributed by atoms with Gasteiger partial charge in [-0.05, 0) is 40.5 Å². The lowest BCUT2D eigenvalue weighted by atomic mass is 9.94. The normalized spacial score (nSPS) is 12.5. The monoisotopic (exact) mass is 293 g/mol. The predicted octanol–water partition coefficient (Wildman–Crippen LogP) is 3.43. The van der Waals surface area contributed by atoms with E-state index in [1.54, 1.807) is 6.92 Å². The molecule has 3 nitrogen and oxygen atoms in total. The second kappa shape index (κ2) is 6.16. The number of benzene rings is 3. The standard InChI is InChI=1S/C19H19NO2/c1-2-22-19(21)18(20)12-14-11-13-7-3-4-8-15(13)17-10-6-5-9-16(14)17/h3-11,18H,2,12,20H2,1H3. The molecule has 1 unspecified atom stereocenters. The van der Waals surface area contributed by atoms with Crippen molar-refractivity contribution in [2.45, 2.75) is 19.4 Å². The average Bonchev–Trinajstić information content (AvgIpc) is 2.55. The van der Waals surface area contributed by atoms with Gasteiger partial charge in [0, 0.05) is 0 Å². The van der Waals surface area contributed by atoms with Crippen molar-refractivity contribution in [1.29, 1.82) is 0 Å². The summed E-state index contributed by atoms with van der Waals surface area (Å²) in [7, 11) is 0. The Morgan fingerprint density at radius 1 is 1.05 bits per heavy atom. The summed E-state index contributed by atoms with van der Waals surface area (Å²) in [6.07, 6.45) is 0.476. The molecular formula is C19H19NO2. The Kier molecular flexibility index (Phi) is 4.07. The molecule has 0 bridgehead atoms. The number of hydrogen-bond acceptors (Lipinski definition) is 3. The SMILES string of the molecule is CCOC(=O)C(N)Cc1cc2ccccc2c2ccccc12. The van der Waals surface area contributed by atoms with Crippen molar-refractivity contribution in [2.75, 3.05) is 6.61 Å². The van der Waals surface area contributed by atoms with E-state index in [0.717, 1.165) is 16.3 Å². The van der Waals surface area contributed by atoms with Crippen LogP contribution in [0.3, 0.4) is 0 Å². The zero-order chi connectivity index (χ0) is 15.5. The number of nitrogens with two attached hydrogens (primary N) is 1. The predicted molar refractivity (Wildman–Crippen MR) is 89.8 cm³/mol. The molecule has 3 aromatic rings. The van der Waals surface area contributed by atoms with Crippen LogP contribution in [0.2, 0.25) is 0 Å². The van der Waals surface area contributed by atoms with Gasteiger partial charge in [0.15, 0.2) is 0 Å². The smallest absolute Gasteiger partial charge is 0.323 e. The highest BCUT2D eigenvalue weighted by Gasteiger charge is 2.17. The highest BCUT2D eigenvalue weighted by atomic mass is 16.5. The molecule has 3 aromatic carbocycles. The Morgan fingerprint density at radius 3 is 2.41 bits per heavy atom. The van der Waals surface area contributed by atoms with Crippen LogP contribution in [0.4, 0.5) is 0 Å². The summed E-state index contributed by atoms with van der Waals surface area (Å²) in [6.45, 7) is 2.14. The van der Waals surface area contributed by atoms with Crippen molar-refractivity contribution in [3.8, 4) is 0 Å². The third-order valence-electron chi connectivity index (χ3n) is 3.88. The number of carbonyl (C=O) groups excluding carboxylic acids is 1. The van der Waals surface area contributed by atoms with Crippen molar-refractivity contribution in [3.05, 3.63) is 60.2 Å². The Hall–Kier alpha value is -2.39. The van der Waals surface area contributed by atoms with Crippen LogP contribution in [0.15, 0.2) is 54.6 Å². The van der Waals surface area contributed by atoms with E-state index in [1.807, 2.05) is 24.3 Å². The number of ether oxygens (including phenoxy) is 1. The molecule has 0 fully saturated rings. The van der Waals surface area contributed by atoms with Gasteiger partial charge in [-0.15, -0.1) is 0 Å². The molecule has 3 rings (SSSR count). The van der Waals surface area contributed by atoms with Gasteiger partial charge in [0.2, 0.25) is 0 Å². The number of hydrogen-bond donors (Lipinski definition) is 1. The van der Waals surface area contributed by atoms with Crippen molar-refractivity contribution < 1.29 is 9.53 Å². The molecule has 0 aliphatic carbocycles. The van der Waals surface area contributed by atoms with Crippen molar-refractivity contribution in [2.24, 2.45) is 5.73 Å². The van der Waals surface area contributed by atoms with Gasteiger partial charge in [-0.3, -0.25) is 4.79 Å².